The Labute approximate surface area is 115 Å². The third-order valence-corrected chi connectivity index (χ3v) is 4.00. The van der Waals surface area contributed by atoms with Crippen LogP contribution in [-0.2, 0) is 7.05 Å². The van der Waals surface area contributed by atoms with Gasteiger partial charge in [0, 0.05) is 39.3 Å². The number of piperazine rings is 1. The van der Waals surface area contributed by atoms with Gasteiger partial charge in [-0.2, -0.15) is 5.26 Å². The van der Waals surface area contributed by atoms with Crippen molar-refractivity contribution in [1.82, 2.24) is 19.4 Å². The Morgan fingerprint density at radius 1 is 1.21 bits per heavy atom. The van der Waals surface area contributed by atoms with E-state index in [1.54, 1.807) is 6.33 Å². The highest BCUT2D eigenvalue weighted by molar-refractivity contribution is 5.22. The predicted octanol–water partition coefficient (Wildman–Crippen LogP) is 1.32. The molecule has 0 aliphatic carbocycles. The average molecular weight is 261 g/mol. The third kappa shape index (κ3) is 2.80. The number of nitrogens with zero attached hydrogens (tertiary/aromatic N) is 5. The first-order chi connectivity index (χ1) is 9.04. The lowest BCUT2D eigenvalue weighted by Gasteiger charge is -2.38. The van der Waals surface area contributed by atoms with Gasteiger partial charge < -0.3 is 4.57 Å². The fraction of sp³-hybridized carbons (Fsp3) is 0.714. The van der Waals surface area contributed by atoms with Crippen LogP contribution in [-0.4, -0.2) is 51.6 Å². The molecule has 0 radical (unpaired) electrons. The molecule has 104 valence electrons. The Kier molecular flexibility index (Phi) is 4.23. The van der Waals surface area contributed by atoms with Crippen molar-refractivity contribution >= 4 is 0 Å². The molecular weight excluding hydrogens is 238 g/mol. The van der Waals surface area contributed by atoms with Gasteiger partial charge in [-0.25, -0.2) is 4.98 Å². The van der Waals surface area contributed by atoms with E-state index in [-0.39, 0.29) is 6.04 Å². The SMILES string of the molecule is Cc1ncn(C)c1C(C#N)N1CCN(C(C)C)CC1. The number of aryl methyl sites for hydroxylation is 2. The maximum atomic E-state index is 9.53. The molecule has 5 nitrogen and oxygen atoms in total. The zero-order chi connectivity index (χ0) is 14.0. The molecule has 5 heteroatoms. The number of rotatable bonds is 3. The van der Waals surface area contributed by atoms with Crippen LogP contribution >= 0.6 is 0 Å². The quantitative estimate of drug-likeness (QED) is 0.823. The molecule has 19 heavy (non-hydrogen) atoms. The van der Waals surface area contributed by atoms with Crippen molar-refractivity contribution in [3.8, 4) is 6.07 Å². The fourth-order valence-corrected chi connectivity index (χ4v) is 2.78. The molecule has 0 aromatic carbocycles. The Morgan fingerprint density at radius 3 is 2.21 bits per heavy atom. The van der Waals surface area contributed by atoms with E-state index in [0.717, 1.165) is 37.6 Å². The van der Waals surface area contributed by atoms with Crippen LogP contribution in [0, 0.1) is 18.3 Å². The highest BCUT2D eigenvalue weighted by Crippen LogP contribution is 2.23. The van der Waals surface area contributed by atoms with E-state index in [0.29, 0.717) is 6.04 Å². The summed E-state index contributed by atoms with van der Waals surface area (Å²) < 4.78 is 1.97. The lowest BCUT2D eigenvalue weighted by atomic mass is 10.1. The second-order valence-electron chi connectivity index (χ2n) is 5.52. The van der Waals surface area contributed by atoms with Crippen LogP contribution in [0.25, 0.3) is 0 Å². The first-order valence-electron chi connectivity index (χ1n) is 6.90. The second kappa shape index (κ2) is 5.72. The Morgan fingerprint density at radius 2 is 1.79 bits per heavy atom. The molecule has 1 aliphatic heterocycles. The fourth-order valence-electron chi connectivity index (χ4n) is 2.78. The van der Waals surface area contributed by atoms with Crippen LogP contribution in [0.2, 0.25) is 0 Å². The highest BCUT2D eigenvalue weighted by Gasteiger charge is 2.28. The van der Waals surface area contributed by atoms with Gasteiger partial charge in [0.05, 0.1) is 23.8 Å². The van der Waals surface area contributed by atoms with Gasteiger partial charge in [-0.1, -0.05) is 0 Å². The monoisotopic (exact) mass is 261 g/mol. The summed E-state index contributed by atoms with van der Waals surface area (Å²) >= 11 is 0. The predicted molar refractivity (Wildman–Crippen MR) is 74.6 cm³/mol. The van der Waals surface area contributed by atoms with E-state index in [1.807, 2.05) is 18.5 Å². The topological polar surface area (TPSA) is 48.1 Å². The minimum absolute atomic E-state index is 0.179. The van der Waals surface area contributed by atoms with E-state index in [9.17, 15) is 5.26 Å². The summed E-state index contributed by atoms with van der Waals surface area (Å²) in [5.74, 6) is 0. The van der Waals surface area contributed by atoms with Crippen molar-refractivity contribution in [2.24, 2.45) is 7.05 Å². The van der Waals surface area contributed by atoms with Gasteiger partial charge in [0.1, 0.15) is 6.04 Å². The lowest BCUT2D eigenvalue weighted by Crippen LogP contribution is -2.49. The molecule has 1 atom stereocenters. The summed E-state index contributed by atoms with van der Waals surface area (Å²) in [4.78, 5) is 9.02. The molecule has 1 aromatic rings. The molecule has 0 bridgehead atoms. The number of aromatic nitrogens is 2. The summed E-state index contributed by atoms with van der Waals surface area (Å²) in [6.45, 7) is 10.4. The molecule has 1 saturated heterocycles. The lowest BCUT2D eigenvalue weighted by molar-refractivity contribution is 0.0912. The maximum Gasteiger partial charge on any atom is 0.140 e. The molecule has 0 spiro atoms. The Balaban J connectivity index is 2.11. The van der Waals surface area contributed by atoms with E-state index in [4.69, 9.17) is 0 Å². The minimum Gasteiger partial charge on any atom is -0.335 e. The molecule has 0 N–H and O–H groups in total. The maximum absolute atomic E-state index is 9.53. The summed E-state index contributed by atoms with van der Waals surface area (Å²) in [5, 5.41) is 9.53. The summed E-state index contributed by atoms with van der Waals surface area (Å²) in [7, 11) is 1.96. The van der Waals surface area contributed by atoms with Crippen LogP contribution in [0.4, 0.5) is 0 Å². The van der Waals surface area contributed by atoms with Gasteiger partial charge in [0.25, 0.3) is 0 Å². The molecule has 2 heterocycles. The van der Waals surface area contributed by atoms with Crippen molar-refractivity contribution in [2.75, 3.05) is 26.2 Å². The van der Waals surface area contributed by atoms with Gasteiger partial charge in [0.15, 0.2) is 0 Å². The van der Waals surface area contributed by atoms with E-state index in [2.05, 4.69) is 34.7 Å². The number of nitriles is 1. The normalized spacial score (nSPS) is 19.6. The standard InChI is InChI=1S/C14H23N5/c1-11(2)18-5-7-19(8-6-18)13(9-15)14-12(3)16-10-17(14)4/h10-11,13H,5-8H2,1-4H3. The molecule has 0 saturated carbocycles. The first-order valence-corrected chi connectivity index (χ1v) is 6.90. The van der Waals surface area contributed by atoms with E-state index in [1.165, 1.54) is 0 Å². The van der Waals surface area contributed by atoms with Crippen LogP contribution in [0.5, 0.6) is 0 Å². The number of hydrogen-bond acceptors (Lipinski definition) is 4. The van der Waals surface area contributed by atoms with Gasteiger partial charge in [-0.15, -0.1) is 0 Å². The van der Waals surface area contributed by atoms with Gasteiger partial charge in [-0.3, -0.25) is 9.80 Å². The molecule has 1 aliphatic rings. The van der Waals surface area contributed by atoms with E-state index < -0.39 is 0 Å². The van der Waals surface area contributed by atoms with Gasteiger partial charge in [0.2, 0.25) is 0 Å². The molecule has 1 unspecified atom stereocenters. The number of imidazole rings is 1. The largest absolute Gasteiger partial charge is 0.335 e. The van der Waals surface area contributed by atoms with Crippen LogP contribution in [0.1, 0.15) is 31.3 Å². The molecule has 2 rings (SSSR count). The molecular formula is C14H23N5. The minimum atomic E-state index is -0.179. The number of hydrogen-bond donors (Lipinski definition) is 0. The Hall–Kier alpha value is -1.38. The Bertz CT molecular complexity index is 443. The van der Waals surface area contributed by atoms with Crippen LogP contribution < -0.4 is 0 Å². The van der Waals surface area contributed by atoms with Crippen LogP contribution in [0.3, 0.4) is 0 Å². The van der Waals surface area contributed by atoms with Gasteiger partial charge >= 0.3 is 0 Å². The summed E-state index contributed by atoms with van der Waals surface area (Å²) in [6.07, 6.45) is 1.79. The molecule has 0 amide bonds. The van der Waals surface area contributed by atoms with Crippen molar-refractivity contribution in [1.29, 1.82) is 5.26 Å². The van der Waals surface area contributed by atoms with Crippen molar-refractivity contribution in [3.63, 3.8) is 0 Å². The third-order valence-electron chi connectivity index (χ3n) is 4.00. The second-order valence-corrected chi connectivity index (χ2v) is 5.52. The smallest absolute Gasteiger partial charge is 0.140 e. The summed E-state index contributed by atoms with van der Waals surface area (Å²) in [6, 6.07) is 2.85. The van der Waals surface area contributed by atoms with Gasteiger partial charge in [-0.05, 0) is 20.8 Å². The zero-order valence-corrected chi connectivity index (χ0v) is 12.3. The van der Waals surface area contributed by atoms with Crippen molar-refractivity contribution < 1.29 is 0 Å². The van der Waals surface area contributed by atoms with Crippen molar-refractivity contribution in [2.45, 2.75) is 32.9 Å². The summed E-state index contributed by atoms with van der Waals surface area (Å²) in [5.41, 5.74) is 1.99. The zero-order valence-electron chi connectivity index (χ0n) is 12.3. The van der Waals surface area contributed by atoms with Crippen LogP contribution in [0.15, 0.2) is 6.33 Å². The van der Waals surface area contributed by atoms with E-state index >= 15 is 0 Å². The van der Waals surface area contributed by atoms with Crippen molar-refractivity contribution in [3.05, 3.63) is 17.7 Å². The first kappa shape index (κ1) is 14.0. The average Bonchev–Trinajstić information content (AvgIpc) is 2.72. The molecule has 1 aromatic heterocycles. The molecule has 1 fully saturated rings. The highest BCUT2D eigenvalue weighted by atomic mass is 15.3.